The molecule has 0 saturated carbocycles. The van der Waals surface area contributed by atoms with E-state index in [1.54, 1.807) is 6.20 Å². The minimum Gasteiger partial charge on any atom is -0.355 e. The number of carbonyl (C=O) groups excluding carboxylic acids is 1. The van der Waals surface area contributed by atoms with E-state index in [1.165, 1.54) is 12.8 Å². The van der Waals surface area contributed by atoms with Crippen molar-refractivity contribution in [2.75, 3.05) is 31.1 Å². The molecule has 0 spiro atoms. The Morgan fingerprint density at radius 3 is 2.67 bits per heavy atom. The monoisotopic (exact) mass is 326 g/mol. The van der Waals surface area contributed by atoms with Crippen LogP contribution in [0.2, 0.25) is 0 Å². The molecule has 2 aromatic rings. The highest BCUT2D eigenvalue weighted by Gasteiger charge is 2.26. The number of amides is 1. The molecule has 0 radical (unpaired) electrons. The molecule has 0 N–H and O–H groups in total. The molecule has 0 aliphatic carbocycles. The van der Waals surface area contributed by atoms with Gasteiger partial charge in [0.25, 0.3) is 5.91 Å². The summed E-state index contributed by atoms with van der Waals surface area (Å²) < 4.78 is 2.08. The van der Waals surface area contributed by atoms with E-state index in [0.717, 1.165) is 38.3 Å². The van der Waals surface area contributed by atoms with Crippen LogP contribution in [0, 0.1) is 0 Å². The maximum atomic E-state index is 12.7. The number of aromatic nitrogens is 4. The predicted octanol–water partition coefficient (Wildman–Crippen LogP) is 1.75. The summed E-state index contributed by atoms with van der Waals surface area (Å²) in [6.45, 7) is 3.53. The lowest BCUT2D eigenvalue weighted by Gasteiger charge is -2.33. The Labute approximate surface area is 141 Å². The second-order valence-electron chi connectivity index (χ2n) is 6.53. The Bertz CT molecular complexity index is 678. The quantitative estimate of drug-likeness (QED) is 0.859. The fourth-order valence-corrected chi connectivity index (χ4v) is 3.58. The number of rotatable bonds is 3. The summed E-state index contributed by atoms with van der Waals surface area (Å²) in [7, 11) is 0. The molecule has 2 aliphatic heterocycles. The molecule has 4 rings (SSSR count). The first-order chi connectivity index (χ1) is 11.8. The van der Waals surface area contributed by atoms with E-state index in [2.05, 4.69) is 24.6 Å². The van der Waals surface area contributed by atoms with Gasteiger partial charge in [-0.3, -0.25) is 4.79 Å². The molecule has 1 amide bonds. The van der Waals surface area contributed by atoms with Gasteiger partial charge in [0.1, 0.15) is 0 Å². The fourth-order valence-electron chi connectivity index (χ4n) is 3.58. The highest BCUT2D eigenvalue weighted by molar-refractivity contribution is 5.92. The van der Waals surface area contributed by atoms with E-state index >= 15 is 0 Å². The van der Waals surface area contributed by atoms with Gasteiger partial charge in [-0.2, -0.15) is 0 Å². The molecule has 2 saturated heterocycles. The van der Waals surface area contributed by atoms with Crippen LogP contribution in [-0.2, 0) is 0 Å². The van der Waals surface area contributed by atoms with Gasteiger partial charge in [-0.15, -0.1) is 10.2 Å². The van der Waals surface area contributed by atoms with Gasteiger partial charge in [-0.1, -0.05) is 0 Å². The average Bonchev–Trinajstić information content (AvgIpc) is 3.35. The Balaban J connectivity index is 1.44. The molecular formula is C17H22N6O. The van der Waals surface area contributed by atoms with Crippen LogP contribution in [0.4, 0.5) is 5.82 Å². The van der Waals surface area contributed by atoms with Crippen LogP contribution in [0.5, 0.6) is 0 Å². The van der Waals surface area contributed by atoms with Crippen molar-refractivity contribution >= 4 is 11.7 Å². The van der Waals surface area contributed by atoms with Gasteiger partial charge in [-0.05, 0) is 37.8 Å². The predicted molar refractivity (Wildman–Crippen MR) is 89.9 cm³/mol. The minimum absolute atomic E-state index is 0.0275. The first-order valence-corrected chi connectivity index (χ1v) is 8.66. The van der Waals surface area contributed by atoms with E-state index in [1.807, 2.05) is 29.6 Å². The molecule has 2 fully saturated rings. The third kappa shape index (κ3) is 2.98. The van der Waals surface area contributed by atoms with Crippen molar-refractivity contribution in [1.29, 1.82) is 0 Å². The Kier molecular flexibility index (Phi) is 4.15. The molecular weight excluding hydrogens is 304 g/mol. The normalized spacial score (nSPS) is 21.2. The molecule has 0 aromatic carbocycles. The second kappa shape index (κ2) is 6.59. The number of hydrogen-bond donors (Lipinski definition) is 0. The Hall–Kier alpha value is -2.44. The van der Waals surface area contributed by atoms with Crippen molar-refractivity contribution in [1.82, 2.24) is 24.6 Å². The van der Waals surface area contributed by atoms with Crippen molar-refractivity contribution in [2.24, 2.45) is 0 Å². The van der Waals surface area contributed by atoms with Crippen LogP contribution in [0.1, 0.15) is 42.2 Å². The van der Waals surface area contributed by atoms with Gasteiger partial charge in [-0.25, -0.2) is 4.98 Å². The van der Waals surface area contributed by atoms with Crippen molar-refractivity contribution in [3.63, 3.8) is 0 Å². The summed E-state index contributed by atoms with van der Waals surface area (Å²) in [5.41, 5.74) is 0.434. The lowest BCUT2D eigenvalue weighted by atomic mass is 10.1. The average molecular weight is 326 g/mol. The van der Waals surface area contributed by atoms with E-state index in [0.29, 0.717) is 18.3 Å². The van der Waals surface area contributed by atoms with Crippen LogP contribution < -0.4 is 4.90 Å². The summed E-state index contributed by atoms with van der Waals surface area (Å²) >= 11 is 0. The molecule has 7 nitrogen and oxygen atoms in total. The lowest BCUT2D eigenvalue weighted by Crippen LogP contribution is -2.41. The summed E-state index contributed by atoms with van der Waals surface area (Å²) in [4.78, 5) is 20.9. The second-order valence-corrected chi connectivity index (χ2v) is 6.53. The fraction of sp³-hybridized carbons (Fsp3) is 0.529. The summed E-state index contributed by atoms with van der Waals surface area (Å²) in [5, 5.41) is 8.44. The molecule has 0 bridgehead atoms. The standard InChI is InChI=1S/C17H22N6O/c24-17(15-5-6-16(20-19-15)21-8-1-2-9-21)22-10-3-4-14(12-22)23-11-7-18-13-23/h5-7,11,13-14H,1-4,8-10,12H2/t14-/m0/s1. The SMILES string of the molecule is O=C(c1ccc(N2CCCC2)nn1)N1CCC[C@H](n2ccnc2)C1. The molecule has 1 atom stereocenters. The topological polar surface area (TPSA) is 67.2 Å². The third-order valence-corrected chi connectivity index (χ3v) is 4.93. The van der Waals surface area contributed by atoms with Gasteiger partial charge >= 0.3 is 0 Å². The van der Waals surface area contributed by atoms with E-state index in [4.69, 9.17) is 0 Å². The number of anilines is 1. The maximum Gasteiger partial charge on any atom is 0.274 e. The van der Waals surface area contributed by atoms with Crippen LogP contribution in [0.25, 0.3) is 0 Å². The zero-order valence-electron chi connectivity index (χ0n) is 13.7. The van der Waals surface area contributed by atoms with Crippen molar-refractivity contribution < 1.29 is 4.79 Å². The van der Waals surface area contributed by atoms with Crippen LogP contribution >= 0.6 is 0 Å². The van der Waals surface area contributed by atoms with E-state index in [-0.39, 0.29) is 5.91 Å². The molecule has 7 heteroatoms. The number of hydrogen-bond acceptors (Lipinski definition) is 5. The highest BCUT2D eigenvalue weighted by atomic mass is 16.2. The van der Waals surface area contributed by atoms with Crippen molar-refractivity contribution in [3.8, 4) is 0 Å². The number of carbonyl (C=O) groups is 1. The van der Waals surface area contributed by atoms with Gasteiger partial charge < -0.3 is 14.4 Å². The van der Waals surface area contributed by atoms with E-state index < -0.39 is 0 Å². The van der Waals surface area contributed by atoms with E-state index in [9.17, 15) is 4.79 Å². The minimum atomic E-state index is -0.0275. The smallest absolute Gasteiger partial charge is 0.274 e. The zero-order chi connectivity index (χ0) is 16.4. The van der Waals surface area contributed by atoms with Crippen LogP contribution in [-0.4, -0.2) is 56.7 Å². The van der Waals surface area contributed by atoms with Gasteiger partial charge in [0.2, 0.25) is 0 Å². The summed E-state index contributed by atoms with van der Waals surface area (Å²) in [5.74, 6) is 0.847. The lowest BCUT2D eigenvalue weighted by molar-refractivity contribution is 0.0672. The molecule has 2 aromatic heterocycles. The van der Waals surface area contributed by atoms with Gasteiger partial charge in [0.05, 0.1) is 12.4 Å². The molecule has 24 heavy (non-hydrogen) atoms. The largest absolute Gasteiger partial charge is 0.355 e. The number of piperidine rings is 1. The molecule has 4 heterocycles. The third-order valence-electron chi connectivity index (χ3n) is 4.93. The Morgan fingerprint density at radius 2 is 1.96 bits per heavy atom. The molecule has 2 aliphatic rings. The van der Waals surface area contributed by atoms with Gasteiger partial charge in [0, 0.05) is 38.6 Å². The number of imidazole rings is 1. The van der Waals surface area contributed by atoms with Crippen molar-refractivity contribution in [3.05, 3.63) is 36.5 Å². The first kappa shape index (κ1) is 15.1. The summed E-state index contributed by atoms with van der Waals surface area (Å²) in [6, 6.07) is 4.02. The van der Waals surface area contributed by atoms with Gasteiger partial charge in [0.15, 0.2) is 11.5 Å². The maximum absolute atomic E-state index is 12.7. The van der Waals surface area contributed by atoms with Crippen LogP contribution in [0.15, 0.2) is 30.9 Å². The zero-order valence-corrected chi connectivity index (χ0v) is 13.7. The molecule has 126 valence electrons. The highest BCUT2D eigenvalue weighted by Crippen LogP contribution is 2.23. The van der Waals surface area contributed by atoms with Crippen LogP contribution in [0.3, 0.4) is 0 Å². The summed E-state index contributed by atoms with van der Waals surface area (Å²) in [6.07, 6.45) is 10.0. The molecule has 0 unspecified atom stereocenters. The number of nitrogens with zero attached hydrogens (tertiary/aromatic N) is 6. The first-order valence-electron chi connectivity index (χ1n) is 8.66. The Morgan fingerprint density at radius 1 is 1.08 bits per heavy atom. The number of likely N-dealkylation sites (tertiary alicyclic amines) is 1. The van der Waals surface area contributed by atoms with Crippen molar-refractivity contribution in [2.45, 2.75) is 31.7 Å².